The van der Waals surface area contributed by atoms with Crippen LogP contribution in [0, 0.1) is 5.82 Å². The van der Waals surface area contributed by atoms with E-state index in [1.807, 2.05) is 6.07 Å². The fourth-order valence-corrected chi connectivity index (χ4v) is 2.98. The van der Waals surface area contributed by atoms with Crippen molar-refractivity contribution < 1.29 is 19.0 Å². The summed E-state index contributed by atoms with van der Waals surface area (Å²) in [5.74, 6) is 0.401. The summed E-state index contributed by atoms with van der Waals surface area (Å²) < 4.78 is 24.7. The third-order valence-electron chi connectivity index (χ3n) is 4.10. The highest BCUT2D eigenvalue weighted by Gasteiger charge is 2.24. The van der Waals surface area contributed by atoms with Crippen molar-refractivity contribution in [3.8, 4) is 5.75 Å². The SMILES string of the molecule is OC(COc1ccc(Cl)cc1)CN1CCOC(c2cccc(F)c2)C1. The van der Waals surface area contributed by atoms with E-state index in [1.54, 1.807) is 30.3 Å². The molecule has 2 unspecified atom stereocenters. The van der Waals surface area contributed by atoms with Crippen LogP contribution in [0.15, 0.2) is 48.5 Å². The molecule has 1 aliphatic rings. The number of halogens is 2. The summed E-state index contributed by atoms with van der Waals surface area (Å²) >= 11 is 5.83. The molecule has 0 aliphatic carbocycles. The topological polar surface area (TPSA) is 41.9 Å². The van der Waals surface area contributed by atoms with E-state index in [9.17, 15) is 9.50 Å². The van der Waals surface area contributed by atoms with Crippen molar-refractivity contribution >= 4 is 11.6 Å². The van der Waals surface area contributed by atoms with E-state index in [0.717, 1.165) is 12.1 Å². The van der Waals surface area contributed by atoms with Gasteiger partial charge < -0.3 is 14.6 Å². The zero-order chi connectivity index (χ0) is 17.6. The van der Waals surface area contributed by atoms with Crippen molar-refractivity contribution in [2.45, 2.75) is 12.2 Å². The second-order valence-corrected chi connectivity index (χ2v) is 6.53. The maximum absolute atomic E-state index is 13.4. The second-order valence-electron chi connectivity index (χ2n) is 6.09. The van der Waals surface area contributed by atoms with Crippen molar-refractivity contribution in [2.75, 3.05) is 32.8 Å². The first kappa shape index (κ1) is 18.1. The Morgan fingerprint density at radius 3 is 2.84 bits per heavy atom. The predicted molar refractivity (Wildman–Crippen MR) is 94.5 cm³/mol. The molecule has 1 aliphatic heterocycles. The molecule has 0 amide bonds. The molecule has 3 rings (SSSR count). The highest BCUT2D eigenvalue weighted by Crippen LogP contribution is 2.23. The van der Waals surface area contributed by atoms with Gasteiger partial charge in [-0.3, -0.25) is 4.90 Å². The maximum atomic E-state index is 13.4. The van der Waals surface area contributed by atoms with Crippen LogP contribution in [0.3, 0.4) is 0 Å². The van der Waals surface area contributed by atoms with Crippen LogP contribution in [0.5, 0.6) is 5.75 Å². The maximum Gasteiger partial charge on any atom is 0.123 e. The van der Waals surface area contributed by atoms with Crippen LogP contribution in [0.25, 0.3) is 0 Å². The molecule has 1 heterocycles. The van der Waals surface area contributed by atoms with Crippen molar-refractivity contribution in [1.82, 2.24) is 4.90 Å². The average molecular weight is 366 g/mol. The number of nitrogens with zero attached hydrogens (tertiary/aromatic N) is 1. The summed E-state index contributed by atoms with van der Waals surface area (Å²) in [5.41, 5.74) is 0.816. The van der Waals surface area contributed by atoms with Crippen molar-refractivity contribution in [3.05, 3.63) is 64.9 Å². The summed E-state index contributed by atoms with van der Waals surface area (Å²) in [6.45, 7) is 2.56. The fourth-order valence-electron chi connectivity index (χ4n) is 2.85. The van der Waals surface area contributed by atoms with Gasteiger partial charge in [0.2, 0.25) is 0 Å². The van der Waals surface area contributed by atoms with Gasteiger partial charge in [0.25, 0.3) is 0 Å². The van der Waals surface area contributed by atoms with E-state index in [1.165, 1.54) is 12.1 Å². The van der Waals surface area contributed by atoms with Crippen LogP contribution >= 0.6 is 11.6 Å². The van der Waals surface area contributed by atoms with Crippen LogP contribution in [0.1, 0.15) is 11.7 Å². The standard InChI is InChI=1S/C19H21ClFNO3/c20-15-4-6-18(7-5-15)25-13-17(23)11-22-8-9-24-19(12-22)14-2-1-3-16(21)10-14/h1-7,10,17,19,23H,8-9,11-13H2. The Bertz CT molecular complexity index is 683. The molecular weight excluding hydrogens is 345 g/mol. The van der Waals surface area contributed by atoms with Crippen molar-refractivity contribution in [1.29, 1.82) is 0 Å². The molecule has 2 aromatic rings. The monoisotopic (exact) mass is 365 g/mol. The first-order valence-electron chi connectivity index (χ1n) is 8.26. The van der Waals surface area contributed by atoms with Crippen molar-refractivity contribution in [2.24, 2.45) is 0 Å². The van der Waals surface area contributed by atoms with Crippen LogP contribution in [-0.2, 0) is 4.74 Å². The van der Waals surface area contributed by atoms with Gasteiger partial charge >= 0.3 is 0 Å². The fraction of sp³-hybridized carbons (Fsp3) is 0.368. The van der Waals surface area contributed by atoms with Crippen LogP contribution in [0.4, 0.5) is 4.39 Å². The number of β-amino-alcohol motifs (C(OH)–C–C–N with tert-alkyl or cyclic N) is 1. The van der Waals surface area contributed by atoms with Crippen LogP contribution in [-0.4, -0.2) is 49.0 Å². The number of hydrogen-bond acceptors (Lipinski definition) is 4. The van der Waals surface area contributed by atoms with Gasteiger partial charge in [-0.25, -0.2) is 4.39 Å². The van der Waals surface area contributed by atoms with Gasteiger partial charge in [0.15, 0.2) is 0 Å². The number of ether oxygens (including phenoxy) is 2. The van der Waals surface area contributed by atoms with E-state index in [2.05, 4.69) is 4.90 Å². The first-order chi connectivity index (χ1) is 12.1. The lowest BCUT2D eigenvalue weighted by Crippen LogP contribution is -2.43. The van der Waals surface area contributed by atoms with Crippen molar-refractivity contribution in [3.63, 3.8) is 0 Å². The molecule has 1 saturated heterocycles. The predicted octanol–water partition coefficient (Wildman–Crippen LogP) is 3.29. The molecule has 4 nitrogen and oxygen atoms in total. The third-order valence-corrected chi connectivity index (χ3v) is 4.35. The lowest BCUT2D eigenvalue weighted by atomic mass is 10.1. The molecule has 25 heavy (non-hydrogen) atoms. The number of aliphatic hydroxyl groups is 1. The number of rotatable bonds is 6. The normalized spacial score (nSPS) is 19.6. The second kappa shape index (κ2) is 8.63. The van der Waals surface area contributed by atoms with E-state index < -0.39 is 6.10 Å². The molecule has 0 spiro atoms. The smallest absolute Gasteiger partial charge is 0.123 e. The van der Waals surface area contributed by atoms with Gasteiger partial charge in [-0.05, 0) is 42.0 Å². The molecule has 2 aromatic carbocycles. The number of morpholine rings is 1. The van der Waals surface area contributed by atoms with Gasteiger partial charge in [0.05, 0.1) is 12.7 Å². The molecule has 134 valence electrons. The Labute approximate surface area is 151 Å². The third kappa shape index (κ3) is 5.41. The van der Waals surface area contributed by atoms with Crippen LogP contribution < -0.4 is 4.74 Å². The molecule has 0 aromatic heterocycles. The molecule has 0 bridgehead atoms. The van der Waals surface area contributed by atoms with Gasteiger partial charge in [0.1, 0.15) is 24.3 Å². The van der Waals surface area contributed by atoms with Gasteiger partial charge in [-0.15, -0.1) is 0 Å². The summed E-state index contributed by atoms with van der Waals surface area (Å²) in [5, 5.41) is 10.9. The Morgan fingerprint density at radius 2 is 2.08 bits per heavy atom. The molecule has 0 saturated carbocycles. The minimum atomic E-state index is -0.623. The Morgan fingerprint density at radius 1 is 1.28 bits per heavy atom. The van der Waals surface area contributed by atoms with E-state index >= 15 is 0 Å². The summed E-state index contributed by atoms with van der Waals surface area (Å²) in [6, 6.07) is 13.5. The number of benzene rings is 2. The van der Waals surface area contributed by atoms with Gasteiger partial charge in [-0.2, -0.15) is 0 Å². The first-order valence-corrected chi connectivity index (χ1v) is 8.64. The van der Waals surface area contributed by atoms with Gasteiger partial charge in [0, 0.05) is 24.7 Å². The zero-order valence-electron chi connectivity index (χ0n) is 13.8. The average Bonchev–Trinajstić information content (AvgIpc) is 2.61. The highest BCUT2D eigenvalue weighted by molar-refractivity contribution is 6.30. The summed E-state index contributed by atoms with van der Waals surface area (Å²) in [4.78, 5) is 2.11. The molecule has 1 N–H and O–H groups in total. The minimum absolute atomic E-state index is 0.186. The Kier molecular flexibility index (Phi) is 6.26. The molecule has 0 radical (unpaired) electrons. The molecule has 2 atom stereocenters. The Hall–Kier alpha value is -1.66. The van der Waals surface area contributed by atoms with E-state index in [4.69, 9.17) is 21.1 Å². The largest absolute Gasteiger partial charge is 0.491 e. The number of hydrogen-bond donors (Lipinski definition) is 1. The highest BCUT2D eigenvalue weighted by atomic mass is 35.5. The zero-order valence-corrected chi connectivity index (χ0v) is 14.5. The lowest BCUT2D eigenvalue weighted by molar-refractivity contribution is -0.0460. The Balaban J connectivity index is 1.49. The number of aliphatic hydroxyl groups excluding tert-OH is 1. The summed E-state index contributed by atoms with van der Waals surface area (Å²) in [7, 11) is 0. The molecule has 6 heteroatoms. The van der Waals surface area contributed by atoms with Crippen LogP contribution in [0.2, 0.25) is 5.02 Å². The minimum Gasteiger partial charge on any atom is -0.491 e. The van der Waals surface area contributed by atoms with E-state index in [0.29, 0.717) is 30.5 Å². The summed E-state index contributed by atoms with van der Waals surface area (Å²) in [6.07, 6.45) is -0.809. The molecule has 1 fully saturated rings. The van der Waals surface area contributed by atoms with Gasteiger partial charge in [-0.1, -0.05) is 23.7 Å². The van der Waals surface area contributed by atoms with E-state index in [-0.39, 0.29) is 18.5 Å². The quantitative estimate of drug-likeness (QED) is 0.853. The lowest BCUT2D eigenvalue weighted by Gasteiger charge is -2.34. The molecular formula is C19H21ClFNO3.